The lowest BCUT2D eigenvalue weighted by molar-refractivity contribution is -0.151. The predicted octanol–water partition coefficient (Wildman–Crippen LogP) is 3.78. The van der Waals surface area contributed by atoms with Crippen LogP contribution in [0, 0.1) is 0 Å². The molecule has 0 aliphatic carbocycles. The van der Waals surface area contributed by atoms with Crippen molar-refractivity contribution in [3.05, 3.63) is 29.8 Å². The van der Waals surface area contributed by atoms with Gasteiger partial charge in [0.15, 0.2) is 6.61 Å². The molecule has 4 nitrogen and oxygen atoms in total. The highest BCUT2D eigenvalue weighted by molar-refractivity contribution is 5.71. The first-order valence-electron chi connectivity index (χ1n) is 9.00. The summed E-state index contributed by atoms with van der Waals surface area (Å²) >= 11 is 0. The van der Waals surface area contributed by atoms with Gasteiger partial charge in [0.05, 0.1) is 0 Å². The van der Waals surface area contributed by atoms with Gasteiger partial charge >= 0.3 is 5.97 Å². The van der Waals surface area contributed by atoms with Crippen LogP contribution in [0.1, 0.15) is 52.5 Å². The average molecular weight is 333 g/mol. The molecule has 0 N–H and O–H groups in total. The Hall–Kier alpha value is -1.55. The number of likely N-dealkylation sites (tertiary alicyclic amines) is 1. The Kier molecular flexibility index (Phi) is 6.67. The summed E-state index contributed by atoms with van der Waals surface area (Å²) < 4.78 is 11.0. The number of esters is 1. The minimum absolute atomic E-state index is 0.0425. The molecule has 4 heteroatoms. The molecule has 0 aromatic heterocycles. The van der Waals surface area contributed by atoms with Crippen molar-refractivity contribution < 1.29 is 14.3 Å². The van der Waals surface area contributed by atoms with Crippen molar-refractivity contribution in [3.63, 3.8) is 0 Å². The van der Waals surface area contributed by atoms with Gasteiger partial charge in [0.25, 0.3) is 0 Å². The van der Waals surface area contributed by atoms with Gasteiger partial charge in [-0.2, -0.15) is 0 Å². The number of nitrogens with zero attached hydrogens (tertiary/aromatic N) is 1. The summed E-state index contributed by atoms with van der Waals surface area (Å²) in [5, 5.41) is 0. The van der Waals surface area contributed by atoms with Crippen molar-refractivity contribution in [1.29, 1.82) is 0 Å². The summed E-state index contributed by atoms with van der Waals surface area (Å²) in [7, 11) is 0. The van der Waals surface area contributed by atoms with E-state index >= 15 is 0 Å². The highest BCUT2D eigenvalue weighted by Crippen LogP contribution is 2.24. The summed E-state index contributed by atoms with van der Waals surface area (Å²) in [5.74, 6) is 0.392. The van der Waals surface area contributed by atoms with E-state index in [1.807, 2.05) is 31.2 Å². The molecule has 0 radical (unpaired) electrons. The average Bonchev–Trinajstić information content (AvgIpc) is 2.53. The van der Waals surface area contributed by atoms with Crippen LogP contribution < -0.4 is 4.74 Å². The second-order valence-electron chi connectivity index (χ2n) is 7.72. The van der Waals surface area contributed by atoms with Crippen LogP contribution in [0.2, 0.25) is 0 Å². The maximum atomic E-state index is 11.9. The molecule has 1 aromatic carbocycles. The van der Waals surface area contributed by atoms with Gasteiger partial charge in [0, 0.05) is 6.54 Å². The Morgan fingerprint density at radius 2 is 1.75 bits per heavy atom. The Morgan fingerprint density at radius 3 is 2.33 bits per heavy atom. The molecule has 0 bridgehead atoms. The van der Waals surface area contributed by atoms with E-state index in [-0.39, 0.29) is 24.1 Å². The summed E-state index contributed by atoms with van der Waals surface area (Å²) in [6.07, 6.45) is 3.71. The minimum atomic E-state index is -0.306. The van der Waals surface area contributed by atoms with Gasteiger partial charge in [0.2, 0.25) is 0 Å². The Labute approximate surface area is 146 Å². The number of piperidine rings is 1. The van der Waals surface area contributed by atoms with E-state index in [1.165, 1.54) is 24.8 Å². The lowest BCUT2D eigenvalue weighted by Crippen LogP contribution is -2.37. The van der Waals surface area contributed by atoms with E-state index in [2.05, 4.69) is 25.7 Å². The van der Waals surface area contributed by atoms with Crippen LogP contribution in [-0.4, -0.2) is 43.2 Å². The van der Waals surface area contributed by atoms with Crippen molar-refractivity contribution in [2.24, 2.45) is 0 Å². The lowest BCUT2D eigenvalue weighted by atomic mass is 9.87. The SMILES string of the molecule is C[C@H](CN1CCCCC1)OC(=O)COc1ccc(C(C)(C)C)cc1. The molecule has 134 valence electrons. The molecule has 2 rings (SSSR count). The molecular weight excluding hydrogens is 302 g/mol. The summed E-state index contributed by atoms with van der Waals surface area (Å²) in [6, 6.07) is 7.90. The third-order valence-corrected chi connectivity index (χ3v) is 4.37. The zero-order valence-corrected chi connectivity index (χ0v) is 15.5. The van der Waals surface area contributed by atoms with E-state index in [9.17, 15) is 4.79 Å². The predicted molar refractivity (Wildman–Crippen MR) is 96.5 cm³/mol. The van der Waals surface area contributed by atoms with Gasteiger partial charge in [-0.25, -0.2) is 4.79 Å². The number of carbonyl (C=O) groups excluding carboxylic acids is 1. The molecular formula is C20H31NO3. The maximum absolute atomic E-state index is 11.9. The Bertz CT molecular complexity index is 513. The first-order chi connectivity index (χ1) is 11.3. The first kappa shape index (κ1) is 18.8. The molecule has 1 atom stereocenters. The van der Waals surface area contributed by atoms with Gasteiger partial charge in [-0.15, -0.1) is 0 Å². The van der Waals surface area contributed by atoms with Gasteiger partial charge in [-0.3, -0.25) is 4.90 Å². The number of carbonyl (C=O) groups is 1. The molecule has 0 saturated carbocycles. The first-order valence-corrected chi connectivity index (χ1v) is 9.00. The highest BCUT2D eigenvalue weighted by Gasteiger charge is 2.17. The highest BCUT2D eigenvalue weighted by atomic mass is 16.6. The number of hydrogen-bond acceptors (Lipinski definition) is 4. The molecule has 1 fully saturated rings. The quantitative estimate of drug-likeness (QED) is 0.743. The van der Waals surface area contributed by atoms with E-state index in [1.54, 1.807) is 0 Å². The standard InChI is InChI=1S/C20H31NO3/c1-16(14-21-12-6-5-7-13-21)24-19(22)15-23-18-10-8-17(9-11-18)20(2,3)4/h8-11,16H,5-7,12-15H2,1-4H3/t16-/m1/s1. The van der Waals surface area contributed by atoms with Crippen LogP contribution in [0.4, 0.5) is 0 Å². The molecule has 0 unspecified atom stereocenters. The molecule has 1 saturated heterocycles. The topological polar surface area (TPSA) is 38.8 Å². The molecule has 1 aliphatic rings. The largest absolute Gasteiger partial charge is 0.482 e. The zero-order valence-electron chi connectivity index (χ0n) is 15.5. The van der Waals surface area contributed by atoms with Crippen molar-refractivity contribution in [2.45, 2.75) is 58.5 Å². The minimum Gasteiger partial charge on any atom is -0.482 e. The third kappa shape index (κ3) is 6.16. The number of benzene rings is 1. The van der Waals surface area contributed by atoms with Crippen molar-refractivity contribution >= 4 is 5.97 Å². The fourth-order valence-corrected chi connectivity index (χ4v) is 2.99. The third-order valence-electron chi connectivity index (χ3n) is 4.37. The summed E-state index contributed by atoms with van der Waals surface area (Å²) in [5.41, 5.74) is 1.36. The molecule has 1 aliphatic heterocycles. The van der Waals surface area contributed by atoms with Crippen LogP contribution >= 0.6 is 0 Å². The second-order valence-corrected chi connectivity index (χ2v) is 7.72. The maximum Gasteiger partial charge on any atom is 0.344 e. The lowest BCUT2D eigenvalue weighted by Gasteiger charge is -2.28. The van der Waals surface area contributed by atoms with E-state index in [0.29, 0.717) is 5.75 Å². The molecule has 24 heavy (non-hydrogen) atoms. The Balaban J connectivity index is 1.72. The number of ether oxygens (including phenoxy) is 2. The monoisotopic (exact) mass is 333 g/mol. The van der Waals surface area contributed by atoms with Crippen molar-refractivity contribution in [2.75, 3.05) is 26.2 Å². The molecule has 0 amide bonds. The fourth-order valence-electron chi connectivity index (χ4n) is 2.99. The second kappa shape index (κ2) is 8.52. The van der Waals surface area contributed by atoms with Gasteiger partial charge in [-0.05, 0) is 56.0 Å². The molecule has 1 heterocycles. The summed E-state index contributed by atoms with van der Waals surface area (Å²) in [6.45, 7) is 11.4. The van der Waals surface area contributed by atoms with Gasteiger partial charge < -0.3 is 9.47 Å². The Morgan fingerprint density at radius 1 is 1.12 bits per heavy atom. The van der Waals surface area contributed by atoms with Gasteiger partial charge in [0.1, 0.15) is 11.9 Å². The van der Waals surface area contributed by atoms with Crippen molar-refractivity contribution in [3.8, 4) is 5.75 Å². The molecule has 0 spiro atoms. The van der Waals surface area contributed by atoms with Crippen LogP contribution in [-0.2, 0) is 14.9 Å². The molecule has 1 aromatic rings. The van der Waals surface area contributed by atoms with E-state index in [0.717, 1.165) is 19.6 Å². The fraction of sp³-hybridized carbons (Fsp3) is 0.650. The van der Waals surface area contributed by atoms with Crippen molar-refractivity contribution in [1.82, 2.24) is 4.90 Å². The normalized spacial score (nSPS) is 17.3. The zero-order chi connectivity index (χ0) is 17.6. The van der Waals surface area contributed by atoms with Crippen LogP contribution in [0.3, 0.4) is 0 Å². The van der Waals surface area contributed by atoms with E-state index in [4.69, 9.17) is 9.47 Å². The number of hydrogen-bond donors (Lipinski definition) is 0. The van der Waals surface area contributed by atoms with Crippen LogP contribution in [0.5, 0.6) is 5.75 Å². The summed E-state index contributed by atoms with van der Waals surface area (Å²) in [4.78, 5) is 14.3. The van der Waals surface area contributed by atoms with E-state index < -0.39 is 0 Å². The number of rotatable bonds is 6. The van der Waals surface area contributed by atoms with Crippen LogP contribution in [0.15, 0.2) is 24.3 Å². The van der Waals surface area contributed by atoms with Gasteiger partial charge in [-0.1, -0.05) is 39.3 Å². The van der Waals surface area contributed by atoms with Crippen LogP contribution in [0.25, 0.3) is 0 Å². The smallest absolute Gasteiger partial charge is 0.344 e.